The number of benzene rings is 1. The van der Waals surface area contributed by atoms with Crippen molar-refractivity contribution < 1.29 is 19.6 Å². The number of carboxylic acid groups (broad SMARTS) is 1. The number of anilines is 1. The van der Waals surface area contributed by atoms with Crippen LogP contribution >= 0.6 is 0 Å². The van der Waals surface area contributed by atoms with Gasteiger partial charge in [0, 0.05) is 43.5 Å². The van der Waals surface area contributed by atoms with Gasteiger partial charge in [-0.2, -0.15) is 0 Å². The summed E-state index contributed by atoms with van der Waals surface area (Å²) in [5.74, 6) is -1.50. The van der Waals surface area contributed by atoms with Gasteiger partial charge in [-0.25, -0.2) is 0 Å². The van der Waals surface area contributed by atoms with Crippen LogP contribution in [0, 0.1) is 16.0 Å². The van der Waals surface area contributed by atoms with Crippen LogP contribution in [0.1, 0.15) is 35.7 Å². The van der Waals surface area contributed by atoms with E-state index in [0.29, 0.717) is 31.5 Å². The molecule has 0 bridgehead atoms. The Morgan fingerprint density at radius 3 is 2.71 bits per heavy atom. The van der Waals surface area contributed by atoms with Crippen LogP contribution in [0.4, 0.5) is 11.4 Å². The van der Waals surface area contributed by atoms with E-state index in [1.807, 2.05) is 6.92 Å². The molecule has 2 aliphatic rings. The van der Waals surface area contributed by atoms with Crippen LogP contribution in [0.15, 0.2) is 12.1 Å². The van der Waals surface area contributed by atoms with Crippen LogP contribution < -0.4 is 4.90 Å². The summed E-state index contributed by atoms with van der Waals surface area (Å²) in [5, 5.41) is 20.4. The SMILES string of the molecule is CC1CC(C(=O)O)CCN1c1ccc([N+](=O)[O-])c2c1CN(C)C2=O. The van der Waals surface area contributed by atoms with Crippen molar-refractivity contribution in [3.63, 3.8) is 0 Å². The standard InChI is InChI=1S/C16H19N3O5/c1-9-7-10(16(21)22)5-6-18(9)12-3-4-13(19(23)24)14-11(12)8-17(2)15(14)20/h3-4,9-10H,5-8H2,1-2H3,(H,21,22). The van der Waals surface area contributed by atoms with Gasteiger partial charge in [-0.05, 0) is 25.8 Å². The smallest absolute Gasteiger partial charge is 0.306 e. The molecular weight excluding hydrogens is 314 g/mol. The summed E-state index contributed by atoms with van der Waals surface area (Å²) in [7, 11) is 1.62. The van der Waals surface area contributed by atoms with Crippen molar-refractivity contribution >= 4 is 23.3 Å². The van der Waals surface area contributed by atoms with E-state index in [2.05, 4.69) is 4.90 Å². The molecule has 128 valence electrons. The number of carbonyl (C=O) groups is 2. The summed E-state index contributed by atoms with van der Waals surface area (Å²) in [6.07, 6.45) is 1.04. The maximum atomic E-state index is 12.3. The number of carbonyl (C=O) groups excluding carboxylic acids is 1. The first-order valence-corrected chi connectivity index (χ1v) is 7.86. The summed E-state index contributed by atoms with van der Waals surface area (Å²) in [4.78, 5) is 37.7. The number of amides is 1. The van der Waals surface area contributed by atoms with Crippen molar-refractivity contribution in [2.24, 2.45) is 5.92 Å². The molecule has 1 aromatic carbocycles. The van der Waals surface area contributed by atoms with Crippen molar-refractivity contribution in [1.82, 2.24) is 4.90 Å². The van der Waals surface area contributed by atoms with Crippen LogP contribution in [0.5, 0.6) is 0 Å². The Balaban J connectivity index is 2.01. The van der Waals surface area contributed by atoms with Crippen LogP contribution in [-0.4, -0.2) is 46.4 Å². The molecular formula is C16H19N3O5. The molecule has 0 radical (unpaired) electrons. The Morgan fingerprint density at radius 2 is 2.12 bits per heavy atom. The lowest BCUT2D eigenvalue weighted by molar-refractivity contribution is -0.385. The van der Waals surface area contributed by atoms with Gasteiger partial charge in [0.15, 0.2) is 0 Å². The van der Waals surface area contributed by atoms with Crippen LogP contribution in [0.2, 0.25) is 0 Å². The van der Waals surface area contributed by atoms with E-state index in [-0.39, 0.29) is 29.1 Å². The monoisotopic (exact) mass is 333 g/mol. The topological polar surface area (TPSA) is 104 Å². The maximum Gasteiger partial charge on any atom is 0.306 e. The summed E-state index contributed by atoms with van der Waals surface area (Å²) in [6.45, 7) is 2.83. The fourth-order valence-corrected chi connectivity index (χ4v) is 3.70. The molecule has 8 heteroatoms. The number of piperidine rings is 1. The number of nitro benzene ring substituents is 1. The lowest BCUT2D eigenvalue weighted by Gasteiger charge is -2.38. The van der Waals surface area contributed by atoms with E-state index < -0.39 is 10.9 Å². The molecule has 3 rings (SSSR count). The van der Waals surface area contributed by atoms with Crippen molar-refractivity contribution in [2.75, 3.05) is 18.5 Å². The van der Waals surface area contributed by atoms with Crippen molar-refractivity contribution in [2.45, 2.75) is 32.4 Å². The highest BCUT2D eigenvalue weighted by Gasteiger charge is 2.38. The molecule has 1 aromatic rings. The van der Waals surface area contributed by atoms with E-state index >= 15 is 0 Å². The summed E-state index contributed by atoms with van der Waals surface area (Å²) >= 11 is 0. The highest BCUT2D eigenvalue weighted by Crippen LogP contribution is 2.39. The van der Waals surface area contributed by atoms with Crippen LogP contribution in [0.3, 0.4) is 0 Å². The first kappa shape index (κ1) is 16.2. The van der Waals surface area contributed by atoms with E-state index in [9.17, 15) is 24.8 Å². The van der Waals surface area contributed by atoms with Crippen molar-refractivity contribution in [3.05, 3.63) is 33.4 Å². The maximum absolute atomic E-state index is 12.3. The Bertz CT molecular complexity index is 733. The number of hydrogen-bond donors (Lipinski definition) is 1. The third-order valence-corrected chi connectivity index (χ3v) is 4.95. The zero-order chi connectivity index (χ0) is 17.6. The molecule has 2 atom stereocenters. The largest absolute Gasteiger partial charge is 0.481 e. The summed E-state index contributed by atoms with van der Waals surface area (Å²) < 4.78 is 0. The quantitative estimate of drug-likeness (QED) is 0.669. The van der Waals surface area contributed by atoms with Gasteiger partial charge in [-0.15, -0.1) is 0 Å². The average Bonchev–Trinajstić information content (AvgIpc) is 2.82. The molecule has 24 heavy (non-hydrogen) atoms. The van der Waals surface area contributed by atoms with E-state index in [1.165, 1.54) is 11.0 Å². The Hall–Kier alpha value is -2.64. The second kappa shape index (κ2) is 5.77. The lowest BCUT2D eigenvalue weighted by atomic mass is 9.90. The molecule has 1 N–H and O–H groups in total. The minimum absolute atomic E-state index is 0.00795. The fourth-order valence-electron chi connectivity index (χ4n) is 3.70. The highest BCUT2D eigenvalue weighted by molar-refractivity contribution is 6.03. The molecule has 0 spiro atoms. The van der Waals surface area contributed by atoms with E-state index in [4.69, 9.17) is 0 Å². The predicted octanol–water partition coefficient (Wildman–Crippen LogP) is 1.87. The number of aliphatic carboxylic acids is 1. The van der Waals surface area contributed by atoms with Crippen molar-refractivity contribution in [3.8, 4) is 0 Å². The molecule has 0 saturated carbocycles. The number of hydrogen-bond acceptors (Lipinski definition) is 5. The molecule has 8 nitrogen and oxygen atoms in total. The first-order valence-electron chi connectivity index (χ1n) is 7.86. The lowest BCUT2D eigenvalue weighted by Crippen LogP contribution is -2.43. The second-order valence-electron chi connectivity index (χ2n) is 6.48. The van der Waals surface area contributed by atoms with Gasteiger partial charge in [0.05, 0.1) is 10.8 Å². The summed E-state index contributed by atoms with van der Waals surface area (Å²) in [5.41, 5.74) is 1.45. The second-order valence-corrected chi connectivity index (χ2v) is 6.48. The fraction of sp³-hybridized carbons (Fsp3) is 0.500. The molecule has 1 amide bonds. The van der Waals surface area contributed by atoms with Crippen LogP contribution in [0.25, 0.3) is 0 Å². The van der Waals surface area contributed by atoms with Crippen LogP contribution in [-0.2, 0) is 11.3 Å². The highest BCUT2D eigenvalue weighted by atomic mass is 16.6. The van der Waals surface area contributed by atoms with Gasteiger partial charge < -0.3 is 14.9 Å². The van der Waals surface area contributed by atoms with Gasteiger partial charge in [-0.3, -0.25) is 19.7 Å². The van der Waals surface area contributed by atoms with Gasteiger partial charge in [0.2, 0.25) is 0 Å². The minimum Gasteiger partial charge on any atom is -0.481 e. The average molecular weight is 333 g/mol. The molecule has 0 aromatic heterocycles. The third-order valence-electron chi connectivity index (χ3n) is 4.95. The zero-order valence-electron chi connectivity index (χ0n) is 13.6. The molecule has 2 unspecified atom stereocenters. The van der Waals surface area contributed by atoms with Gasteiger partial charge in [0.25, 0.3) is 11.6 Å². The van der Waals surface area contributed by atoms with Crippen molar-refractivity contribution in [1.29, 1.82) is 0 Å². The molecule has 2 heterocycles. The first-order chi connectivity index (χ1) is 11.3. The molecule has 2 aliphatic heterocycles. The Kier molecular flexibility index (Phi) is 3.90. The number of fused-ring (bicyclic) bond motifs is 1. The van der Waals surface area contributed by atoms with E-state index in [1.54, 1.807) is 13.1 Å². The molecule has 1 fully saturated rings. The predicted molar refractivity (Wildman–Crippen MR) is 86.1 cm³/mol. The summed E-state index contributed by atoms with van der Waals surface area (Å²) in [6, 6.07) is 3.05. The Morgan fingerprint density at radius 1 is 1.42 bits per heavy atom. The number of nitrogens with zero attached hydrogens (tertiary/aromatic N) is 3. The van der Waals surface area contributed by atoms with E-state index in [0.717, 1.165) is 5.69 Å². The molecule has 0 aliphatic carbocycles. The Labute approximate surface area is 138 Å². The van der Waals surface area contributed by atoms with Gasteiger partial charge in [0.1, 0.15) is 5.56 Å². The minimum atomic E-state index is -0.787. The number of rotatable bonds is 3. The normalized spacial score (nSPS) is 23.3. The number of carboxylic acids is 1. The third kappa shape index (κ3) is 2.47. The zero-order valence-corrected chi connectivity index (χ0v) is 13.6. The number of nitro groups is 1. The van der Waals surface area contributed by atoms with Gasteiger partial charge in [-0.1, -0.05) is 0 Å². The molecule has 1 saturated heterocycles. The van der Waals surface area contributed by atoms with Gasteiger partial charge >= 0.3 is 5.97 Å².